The molecule has 3 nitrogen and oxygen atoms in total. The molecule has 0 radical (unpaired) electrons. The van der Waals surface area contributed by atoms with Crippen LogP contribution in [-0.2, 0) is 6.54 Å². The van der Waals surface area contributed by atoms with Gasteiger partial charge < -0.3 is 5.11 Å². The quantitative estimate of drug-likeness (QED) is 0.930. The highest BCUT2D eigenvalue weighted by Crippen LogP contribution is 2.36. The predicted molar refractivity (Wildman–Crippen MR) is 77.9 cm³/mol. The number of aliphatic hydroxyl groups is 1. The Hall–Kier alpha value is -1.44. The molecule has 1 aromatic rings. The Balaban J connectivity index is 1.73. The van der Waals surface area contributed by atoms with Crippen LogP contribution in [0.2, 0.25) is 0 Å². The molecule has 4 heteroatoms. The monoisotopic (exact) mass is 288 g/mol. The second-order valence-electron chi connectivity index (χ2n) is 6.27. The molecule has 21 heavy (non-hydrogen) atoms. The molecule has 0 aromatic heterocycles. The number of halogens is 1. The lowest BCUT2D eigenvalue weighted by atomic mass is 9.94. The molecule has 1 heterocycles. The normalized spacial score (nSPS) is 29.7. The van der Waals surface area contributed by atoms with Crippen LogP contribution in [0.5, 0.6) is 0 Å². The van der Waals surface area contributed by atoms with Crippen molar-refractivity contribution in [2.75, 3.05) is 6.54 Å². The third-order valence-electron chi connectivity index (χ3n) is 4.98. The van der Waals surface area contributed by atoms with Gasteiger partial charge in [0.25, 0.3) is 0 Å². The Labute approximate surface area is 125 Å². The van der Waals surface area contributed by atoms with E-state index in [1.807, 2.05) is 6.07 Å². The number of benzene rings is 1. The van der Waals surface area contributed by atoms with E-state index in [4.69, 9.17) is 5.26 Å². The lowest BCUT2D eigenvalue weighted by Crippen LogP contribution is -2.38. The van der Waals surface area contributed by atoms with Gasteiger partial charge in [0.15, 0.2) is 0 Å². The van der Waals surface area contributed by atoms with Gasteiger partial charge in [0, 0.05) is 18.5 Å². The van der Waals surface area contributed by atoms with Gasteiger partial charge in [-0.25, -0.2) is 4.39 Å². The van der Waals surface area contributed by atoms with Crippen LogP contribution in [0.25, 0.3) is 0 Å². The fourth-order valence-corrected chi connectivity index (χ4v) is 3.94. The van der Waals surface area contributed by atoms with Gasteiger partial charge in [-0.15, -0.1) is 0 Å². The van der Waals surface area contributed by atoms with Crippen molar-refractivity contribution in [1.82, 2.24) is 4.90 Å². The molecule has 1 N–H and O–H groups in total. The molecule has 1 aliphatic carbocycles. The van der Waals surface area contributed by atoms with E-state index in [1.165, 1.54) is 6.07 Å². The highest BCUT2D eigenvalue weighted by molar-refractivity contribution is 5.34. The van der Waals surface area contributed by atoms with E-state index in [-0.39, 0.29) is 11.7 Å². The first-order valence-electron chi connectivity index (χ1n) is 7.79. The van der Waals surface area contributed by atoms with Gasteiger partial charge in [0.1, 0.15) is 11.9 Å². The fraction of sp³-hybridized carbons (Fsp3) is 0.588. The first-order valence-corrected chi connectivity index (χ1v) is 7.79. The van der Waals surface area contributed by atoms with Crippen molar-refractivity contribution in [3.05, 3.63) is 35.1 Å². The van der Waals surface area contributed by atoms with Crippen molar-refractivity contribution in [3.63, 3.8) is 0 Å². The lowest BCUT2D eigenvalue weighted by Gasteiger charge is -2.31. The summed E-state index contributed by atoms with van der Waals surface area (Å²) in [5.74, 6) is -0.0752. The van der Waals surface area contributed by atoms with E-state index >= 15 is 0 Å². The minimum absolute atomic E-state index is 0.115. The molecule has 0 amide bonds. The summed E-state index contributed by atoms with van der Waals surface area (Å²) >= 11 is 0. The number of rotatable bonds is 3. The van der Waals surface area contributed by atoms with Crippen LogP contribution in [0.3, 0.4) is 0 Å². The summed E-state index contributed by atoms with van der Waals surface area (Å²) in [5, 5.41) is 19.1. The Morgan fingerprint density at radius 3 is 2.86 bits per heavy atom. The molecule has 3 unspecified atom stereocenters. The highest BCUT2D eigenvalue weighted by Gasteiger charge is 2.38. The number of likely N-dealkylation sites (tertiary alicyclic amines) is 1. The average molecular weight is 288 g/mol. The van der Waals surface area contributed by atoms with E-state index in [0.717, 1.165) is 50.8 Å². The van der Waals surface area contributed by atoms with E-state index in [2.05, 4.69) is 4.90 Å². The molecule has 3 atom stereocenters. The molecule has 3 rings (SSSR count). The molecular weight excluding hydrogens is 267 g/mol. The molecular formula is C17H21FN2O. The fourth-order valence-electron chi connectivity index (χ4n) is 3.94. The third-order valence-corrected chi connectivity index (χ3v) is 4.98. The van der Waals surface area contributed by atoms with Crippen molar-refractivity contribution in [3.8, 4) is 6.07 Å². The molecule has 0 bridgehead atoms. The number of nitrogens with zero attached hydrogens (tertiary/aromatic N) is 2. The highest BCUT2D eigenvalue weighted by atomic mass is 19.1. The Bertz CT molecular complexity index is 554. The number of nitriles is 1. The maximum atomic E-state index is 13.4. The zero-order chi connectivity index (χ0) is 14.8. The van der Waals surface area contributed by atoms with Crippen LogP contribution in [0.1, 0.15) is 43.2 Å². The maximum Gasteiger partial charge on any atom is 0.140 e. The maximum absolute atomic E-state index is 13.4. The summed E-state index contributed by atoms with van der Waals surface area (Å²) in [5.41, 5.74) is 1.09. The van der Waals surface area contributed by atoms with Crippen LogP contribution < -0.4 is 0 Å². The van der Waals surface area contributed by atoms with E-state index in [1.54, 1.807) is 12.1 Å². The summed E-state index contributed by atoms with van der Waals surface area (Å²) in [7, 11) is 0. The first kappa shape index (κ1) is 14.5. The minimum Gasteiger partial charge on any atom is -0.393 e. The van der Waals surface area contributed by atoms with Crippen LogP contribution in [0, 0.1) is 23.1 Å². The van der Waals surface area contributed by atoms with Crippen LogP contribution >= 0.6 is 0 Å². The van der Waals surface area contributed by atoms with Gasteiger partial charge in [-0.2, -0.15) is 5.26 Å². The Morgan fingerprint density at radius 1 is 1.29 bits per heavy atom. The standard InChI is InChI=1S/C17H21FN2O/c18-15-7-6-12(9-13(15)10-19)11-20-8-2-4-16(20)14-3-1-5-17(14)21/h6-7,9,14,16-17,21H,1-5,8,11H2. The largest absolute Gasteiger partial charge is 0.393 e. The summed E-state index contributed by atoms with van der Waals surface area (Å²) in [6.07, 6.45) is 5.26. The van der Waals surface area contributed by atoms with Crippen molar-refractivity contribution >= 4 is 0 Å². The summed E-state index contributed by atoms with van der Waals surface area (Å²) in [6, 6.07) is 7.12. The van der Waals surface area contributed by atoms with Crippen molar-refractivity contribution in [2.45, 2.75) is 50.8 Å². The van der Waals surface area contributed by atoms with Gasteiger partial charge in [0.05, 0.1) is 11.7 Å². The first-order chi connectivity index (χ1) is 10.2. The van der Waals surface area contributed by atoms with E-state index < -0.39 is 5.82 Å². The predicted octanol–water partition coefficient (Wildman–Crippen LogP) is 2.82. The van der Waals surface area contributed by atoms with Crippen molar-refractivity contribution in [2.24, 2.45) is 5.92 Å². The number of hydrogen-bond donors (Lipinski definition) is 1. The average Bonchev–Trinajstić information content (AvgIpc) is 3.09. The second-order valence-corrected chi connectivity index (χ2v) is 6.27. The van der Waals surface area contributed by atoms with Gasteiger partial charge >= 0.3 is 0 Å². The molecule has 1 saturated heterocycles. The summed E-state index contributed by atoms with van der Waals surface area (Å²) in [6.45, 7) is 1.76. The topological polar surface area (TPSA) is 47.3 Å². The van der Waals surface area contributed by atoms with Gasteiger partial charge in [-0.1, -0.05) is 12.5 Å². The Morgan fingerprint density at radius 2 is 2.14 bits per heavy atom. The van der Waals surface area contributed by atoms with Crippen LogP contribution in [0.4, 0.5) is 4.39 Å². The second kappa shape index (κ2) is 6.13. The number of hydrogen-bond acceptors (Lipinski definition) is 3. The SMILES string of the molecule is N#Cc1cc(CN2CCCC2C2CCCC2O)ccc1F. The molecule has 1 aromatic carbocycles. The summed E-state index contributed by atoms with van der Waals surface area (Å²) < 4.78 is 13.4. The lowest BCUT2D eigenvalue weighted by molar-refractivity contribution is 0.0718. The number of aliphatic hydroxyl groups excluding tert-OH is 1. The zero-order valence-corrected chi connectivity index (χ0v) is 12.1. The van der Waals surface area contributed by atoms with Gasteiger partial charge in [0.2, 0.25) is 0 Å². The molecule has 0 spiro atoms. The molecule has 2 aliphatic rings. The molecule has 1 aliphatic heterocycles. The Kier molecular flexibility index (Phi) is 4.23. The van der Waals surface area contributed by atoms with E-state index in [0.29, 0.717) is 12.0 Å². The van der Waals surface area contributed by atoms with Crippen molar-refractivity contribution < 1.29 is 9.50 Å². The molecule has 1 saturated carbocycles. The van der Waals surface area contributed by atoms with Gasteiger partial charge in [-0.05, 0) is 49.9 Å². The van der Waals surface area contributed by atoms with Crippen molar-refractivity contribution in [1.29, 1.82) is 5.26 Å². The minimum atomic E-state index is -0.453. The van der Waals surface area contributed by atoms with Gasteiger partial charge in [-0.3, -0.25) is 4.90 Å². The van der Waals surface area contributed by atoms with Crippen LogP contribution in [0.15, 0.2) is 18.2 Å². The summed E-state index contributed by atoms with van der Waals surface area (Å²) in [4.78, 5) is 2.40. The smallest absolute Gasteiger partial charge is 0.140 e. The third kappa shape index (κ3) is 2.95. The zero-order valence-electron chi connectivity index (χ0n) is 12.1. The molecule has 2 fully saturated rings. The van der Waals surface area contributed by atoms with E-state index in [9.17, 15) is 9.50 Å². The molecule has 112 valence electrons. The van der Waals surface area contributed by atoms with Crippen LogP contribution in [-0.4, -0.2) is 28.7 Å².